The molecule has 1 aromatic rings. The van der Waals surface area contributed by atoms with E-state index >= 15 is 0 Å². The number of nitrogens with one attached hydrogen (secondary N) is 2. The summed E-state index contributed by atoms with van der Waals surface area (Å²) in [5, 5.41) is 6.26. The molecule has 1 saturated heterocycles. The fourth-order valence-corrected chi connectivity index (χ4v) is 2.93. The van der Waals surface area contributed by atoms with Crippen LogP contribution in [0.3, 0.4) is 0 Å². The third-order valence-electron chi connectivity index (χ3n) is 2.56. The molecule has 0 bridgehead atoms. The summed E-state index contributed by atoms with van der Waals surface area (Å²) in [5.74, 6) is 2.24. The first-order valence-electron chi connectivity index (χ1n) is 5.60. The molecule has 1 aliphatic heterocycles. The number of carbonyl (C=O) groups is 1. The molecule has 100 valence electrons. The van der Waals surface area contributed by atoms with Crippen molar-refractivity contribution in [1.29, 1.82) is 0 Å². The van der Waals surface area contributed by atoms with Gasteiger partial charge in [0.25, 0.3) is 0 Å². The van der Waals surface area contributed by atoms with Crippen LogP contribution in [0.1, 0.15) is 6.42 Å². The molecular formula is C12H16BrClN2OS. The van der Waals surface area contributed by atoms with E-state index in [9.17, 15) is 4.79 Å². The summed E-state index contributed by atoms with van der Waals surface area (Å²) in [6.45, 7) is 1.00. The number of hydrogen-bond donors (Lipinski definition) is 2. The average molecular weight is 352 g/mol. The zero-order valence-electron chi connectivity index (χ0n) is 9.82. The van der Waals surface area contributed by atoms with Gasteiger partial charge < -0.3 is 10.6 Å². The first-order valence-corrected chi connectivity index (χ1v) is 7.55. The molecule has 1 atom stereocenters. The van der Waals surface area contributed by atoms with Crippen LogP contribution in [0.4, 0.5) is 5.69 Å². The molecule has 2 N–H and O–H groups in total. The van der Waals surface area contributed by atoms with Crippen molar-refractivity contribution < 1.29 is 4.79 Å². The molecule has 0 aliphatic carbocycles. The van der Waals surface area contributed by atoms with Gasteiger partial charge in [-0.15, -0.1) is 12.4 Å². The average Bonchev–Trinajstić information content (AvgIpc) is 2.33. The van der Waals surface area contributed by atoms with Gasteiger partial charge in [0, 0.05) is 40.7 Å². The Hall–Kier alpha value is -0.230. The fraction of sp³-hybridized carbons (Fsp3) is 0.417. The van der Waals surface area contributed by atoms with Crippen molar-refractivity contribution in [1.82, 2.24) is 5.32 Å². The van der Waals surface area contributed by atoms with E-state index in [1.54, 1.807) is 0 Å². The van der Waals surface area contributed by atoms with Crippen molar-refractivity contribution >= 4 is 51.7 Å². The van der Waals surface area contributed by atoms with Gasteiger partial charge in [-0.2, -0.15) is 11.8 Å². The van der Waals surface area contributed by atoms with Crippen LogP contribution in [-0.2, 0) is 4.79 Å². The minimum absolute atomic E-state index is 0. The molecule has 0 radical (unpaired) electrons. The molecule has 0 aromatic heterocycles. The van der Waals surface area contributed by atoms with Gasteiger partial charge in [0.05, 0.1) is 0 Å². The highest BCUT2D eigenvalue weighted by Crippen LogP contribution is 2.15. The number of benzene rings is 1. The molecule has 1 aromatic carbocycles. The van der Waals surface area contributed by atoms with E-state index in [1.807, 2.05) is 36.0 Å². The van der Waals surface area contributed by atoms with E-state index in [-0.39, 0.29) is 18.3 Å². The SMILES string of the molecule is Cl.O=C(CC1CSCCN1)Nc1ccc(Br)cc1. The Morgan fingerprint density at radius 1 is 1.44 bits per heavy atom. The Balaban J connectivity index is 0.00000162. The third-order valence-corrected chi connectivity index (χ3v) is 4.22. The summed E-state index contributed by atoms with van der Waals surface area (Å²) in [7, 11) is 0. The molecule has 1 amide bonds. The Labute approximate surface area is 126 Å². The summed E-state index contributed by atoms with van der Waals surface area (Å²) in [6, 6.07) is 7.94. The van der Waals surface area contributed by atoms with Crippen LogP contribution < -0.4 is 10.6 Å². The highest BCUT2D eigenvalue weighted by atomic mass is 79.9. The van der Waals surface area contributed by atoms with Crippen LogP contribution in [0.25, 0.3) is 0 Å². The summed E-state index contributed by atoms with van der Waals surface area (Å²) < 4.78 is 1.01. The van der Waals surface area contributed by atoms with Crippen LogP contribution in [-0.4, -0.2) is 30.0 Å². The highest BCUT2D eigenvalue weighted by molar-refractivity contribution is 9.10. The van der Waals surface area contributed by atoms with E-state index < -0.39 is 0 Å². The predicted octanol–water partition coefficient (Wildman–Crippen LogP) is 2.90. The molecule has 0 saturated carbocycles. The molecule has 0 spiro atoms. The van der Waals surface area contributed by atoms with Gasteiger partial charge in [0.15, 0.2) is 0 Å². The highest BCUT2D eigenvalue weighted by Gasteiger charge is 2.16. The van der Waals surface area contributed by atoms with Crippen LogP contribution >= 0.6 is 40.1 Å². The number of rotatable bonds is 3. The molecular weight excluding hydrogens is 336 g/mol. The quantitative estimate of drug-likeness (QED) is 0.880. The van der Waals surface area contributed by atoms with Crippen molar-refractivity contribution in [2.75, 3.05) is 23.4 Å². The van der Waals surface area contributed by atoms with E-state index in [0.29, 0.717) is 12.5 Å². The van der Waals surface area contributed by atoms with E-state index in [2.05, 4.69) is 26.6 Å². The number of anilines is 1. The van der Waals surface area contributed by atoms with Gasteiger partial charge in [-0.3, -0.25) is 4.79 Å². The molecule has 3 nitrogen and oxygen atoms in total. The number of thioether (sulfide) groups is 1. The van der Waals surface area contributed by atoms with Crippen LogP contribution in [0, 0.1) is 0 Å². The topological polar surface area (TPSA) is 41.1 Å². The summed E-state index contributed by atoms with van der Waals surface area (Å²) >= 11 is 5.27. The zero-order chi connectivity index (χ0) is 12.1. The molecule has 6 heteroatoms. The van der Waals surface area contributed by atoms with Gasteiger partial charge in [0.2, 0.25) is 5.91 Å². The van der Waals surface area contributed by atoms with Gasteiger partial charge >= 0.3 is 0 Å². The van der Waals surface area contributed by atoms with Crippen LogP contribution in [0.5, 0.6) is 0 Å². The first kappa shape index (κ1) is 15.8. The Bertz CT molecular complexity index is 382. The van der Waals surface area contributed by atoms with E-state index in [4.69, 9.17) is 0 Å². The number of hydrogen-bond acceptors (Lipinski definition) is 3. The molecule has 1 unspecified atom stereocenters. The lowest BCUT2D eigenvalue weighted by atomic mass is 10.2. The lowest BCUT2D eigenvalue weighted by Crippen LogP contribution is -2.39. The molecule has 1 heterocycles. The van der Waals surface area contributed by atoms with Crippen molar-refractivity contribution in [3.8, 4) is 0 Å². The Morgan fingerprint density at radius 3 is 2.78 bits per heavy atom. The molecule has 2 rings (SSSR count). The van der Waals surface area contributed by atoms with Crippen molar-refractivity contribution in [2.24, 2.45) is 0 Å². The second-order valence-corrected chi connectivity index (χ2v) is 6.05. The Morgan fingerprint density at radius 2 is 2.17 bits per heavy atom. The number of halogens is 2. The summed E-state index contributed by atoms with van der Waals surface area (Å²) in [6.07, 6.45) is 0.545. The first-order chi connectivity index (χ1) is 8.24. The van der Waals surface area contributed by atoms with E-state index in [0.717, 1.165) is 28.2 Å². The second-order valence-electron chi connectivity index (χ2n) is 3.99. The summed E-state index contributed by atoms with van der Waals surface area (Å²) in [4.78, 5) is 11.8. The van der Waals surface area contributed by atoms with Crippen molar-refractivity contribution in [3.63, 3.8) is 0 Å². The maximum Gasteiger partial charge on any atom is 0.225 e. The maximum atomic E-state index is 11.8. The monoisotopic (exact) mass is 350 g/mol. The lowest BCUT2D eigenvalue weighted by Gasteiger charge is -2.22. The Kier molecular flexibility index (Phi) is 7.07. The number of carbonyl (C=O) groups excluding carboxylic acids is 1. The smallest absolute Gasteiger partial charge is 0.225 e. The standard InChI is InChI=1S/C12H15BrN2OS.ClH/c13-9-1-3-10(4-2-9)15-12(16)7-11-8-17-6-5-14-11;/h1-4,11,14H,5-8H2,(H,15,16);1H. The molecule has 1 aliphatic rings. The third kappa shape index (κ3) is 5.18. The van der Waals surface area contributed by atoms with Crippen molar-refractivity contribution in [2.45, 2.75) is 12.5 Å². The van der Waals surface area contributed by atoms with Gasteiger partial charge in [0.1, 0.15) is 0 Å². The molecule has 18 heavy (non-hydrogen) atoms. The largest absolute Gasteiger partial charge is 0.326 e. The summed E-state index contributed by atoms with van der Waals surface area (Å²) in [5.41, 5.74) is 0.849. The van der Waals surface area contributed by atoms with Gasteiger partial charge in [-0.25, -0.2) is 0 Å². The van der Waals surface area contributed by atoms with Gasteiger partial charge in [-0.1, -0.05) is 15.9 Å². The van der Waals surface area contributed by atoms with Crippen molar-refractivity contribution in [3.05, 3.63) is 28.7 Å². The van der Waals surface area contributed by atoms with Crippen LogP contribution in [0.2, 0.25) is 0 Å². The number of amides is 1. The normalized spacial score (nSPS) is 18.8. The predicted molar refractivity (Wildman–Crippen MR) is 83.8 cm³/mol. The minimum Gasteiger partial charge on any atom is -0.326 e. The molecule has 1 fully saturated rings. The van der Waals surface area contributed by atoms with E-state index in [1.165, 1.54) is 0 Å². The zero-order valence-corrected chi connectivity index (χ0v) is 13.0. The maximum absolute atomic E-state index is 11.8. The van der Waals surface area contributed by atoms with Gasteiger partial charge in [-0.05, 0) is 24.3 Å². The second kappa shape index (κ2) is 8.04. The minimum atomic E-state index is 0. The lowest BCUT2D eigenvalue weighted by molar-refractivity contribution is -0.116. The fourth-order valence-electron chi connectivity index (χ4n) is 1.72. The van der Waals surface area contributed by atoms with Crippen LogP contribution in [0.15, 0.2) is 28.7 Å².